The van der Waals surface area contributed by atoms with Gasteiger partial charge in [-0.15, -0.1) is 10.2 Å². The number of ether oxygens (including phenoxy) is 1. The van der Waals surface area contributed by atoms with Crippen molar-refractivity contribution in [2.75, 3.05) is 27.3 Å². The number of carbonyl (C=O) groups is 1. The number of halogens is 1. The number of pyridine rings is 1. The van der Waals surface area contributed by atoms with Crippen LogP contribution in [-0.2, 0) is 17.7 Å². The highest BCUT2D eigenvalue weighted by Gasteiger charge is 2.25. The lowest BCUT2D eigenvalue weighted by Gasteiger charge is -2.20. The van der Waals surface area contributed by atoms with E-state index in [0.717, 1.165) is 5.56 Å². The fourth-order valence-electron chi connectivity index (χ4n) is 3.12. The lowest BCUT2D eigenvalue weighted by molar-refractivity contribution is 0.0785. The Labute approximate surface area is 188 Å². The van der Waals surface area contributed by atoms with Crippen molar-refractivity contribution in [2.24, 2.45) is 0 Å². The molecule has 0 spiro atoms. The Bertz CT molecular complexity index is 1140. The number of nitrogens with zero attached hydrogens (tertiary/aromatic N) is 4. The lowest BCUT2D eigenvalue weighted by Crippen LogP contribution is -2.31. The minimum atomic E-state index is -0.676. The molecule has 0 unspecified atom stereocenters. The van der Waals surface area contributed by atoms with E-state index in [1.54, 1.807) is 37.8 Å². The molecule has 3 aromatic rings. The first kappa shape index (κ1) is 23.6. The van der Waals surface area contributed by atoms with E-state index in [2.05, 4.69) is 10.2 Å². The Hall–Kier alpha value is -3.11. The molecular weight excluding hydrogens is 435 g/mol. The molecule has 0 saturated carbocycles. The number of hydrogen-bond acceptors (Lipinski definition) is 7. The number of aromatic nitrogens is 3. The molecule has 0 aliphatic rings. The quantitative estimate of drug-likeness (QED) is 0.493. The number of hydrogen-bond donors (Lipinski definition) is 1. The van der Waals surface area contributed by atoms with Gasteiger partial charge in [0.15, 0.2) is 16.5 Å². The van der Waals surface area contributed by atoms with Crippen LogP contribution >= 0.6 is 11.3 Å². The molecule has 0 fully saturated rings. The van der Waals surface area contributed by atoms with Crippen LogP contribution in [-0.4, -0.2) is 58.0 Å². The predicted octanol–water partition coefficient (Wildman–Crippen LogP) is 2.93. The maximum atomic E-state index is 13.1. The number of aryl methyl sites for hydroxylation is 1. The zero-order chi connectivity index (χ0) is 23.3. The molecule has 1 aromatic carbocycles. The molecule has 0 atom stereocenters. The molecule has 10 heteroatoms. The van der Waals surface area contributed by atoms with Gasteiger partial charge in [0.1, 0.15) is 10.8 Å². The number of rotatable bonds is 9. The standard InChI is InChI=1S/C22H25FN4O4S/c1-4-26(2)22(30)18-20(29)19(28)16(13-27(18)10-5-11-31-3)21-25-24-17(32-21)12-14-6-8-15(23)9-7-14/h6-9,13,29H,4-5,10-12H2,1-3H3. The average molecular weight is 461 g/mol. The van der Waals surface area contributed by atoms with Gasteiger partial charge in [-0.2, -0.15) is 0 Å². The summed E-state index contributed by atoms with van der Waals surface area (Å²) in [5.41, 5.74) is 0.288. The molecule has 3 rings (SSSR count). The molecule has 8 nitrogen and oxygen atoms in total. The lowest BCUT2D eigenvalue weighted by atomic mass is 10.2. The summed E-state index contributed by atoms with van der Waals surface area (Å²) >= 11 is 1.21. The van der Waals surface area contributed by atoms with Gasteiger partial charge in [0.25, 0.3) is 5.91 Å². The number of aromatic hydroxyl groups is 1. The van der Waals surface area contributed by atoms with E-state index >= 15 is 0 Å². The van der Waals surface area contributed by atoms with Crippen LogP contribution in [0.2, 0.25) is 0 Å². The summed E-state index contributed by atoms with van der Waals surface area (Å²) in [4.78, 5) is 27.2. The van der Waals surface area contributed by atoms with Gasteiger partial charge in [-0.25, -0.2) is 4.39 Å². The van der Waals surface area contributed by atoms with Crippen molar-refractivity contribution in [1.82, 2.24) is 19.7 Å². The van der Waals surface area contributed by atoms with E-state index in [1.165, 1.54) is 34.6 Å². The third-order valence-electron chi connectivity index (χ3n) is 4.99. The molecule has 0 radical (unpaired) electrons. The first-order chi connectivity index (χ1) is 15.3. The second-order valence-corrected chi connectivity index (χ2v) is 8.29. The Morgan fingerprint density at radius 2 is 2.00 bits per heavy atom. The molecule has 1 amide bonds. The molecule has 2 heterocycles. The fourth-order valence-corrected chi connectivity index (χ4v) is 4.00. The van der Waals surface area contributed by atoms with Gasteiger partial charge < -0.3 is 19.3 Å². The smallest absolute Gasteiger partial charge is 0.274 e. The summed E-state index contributed by atoms with van der Waals surface area (Å²) in [6, 6.07) is 6.07. The third-order valence-corrected chi connectivity index (χ3v) is 5.95. The summed E-state index contributed by atoms with van der Waals surface area (Å²) in [5.74, 6) is -1.37. The van der Waals surface area contributed by atoms with Crippen molar-refractivity contribution in [3.05, 3.63) is 62.8 Å². The van der Waals surface area contributed by atoms with Crippen molar-refractivity contribution in [1.29, 1.82) is 0 Å². The normalized spacial score (nSPS) is 11.0. The SMILES string of the molecule is CCN(C)C(=O)c1c(O)c(=O)c(-c2nnc(Cc3ccc(F)cc3)s2)cn1CCCOC. The van der Waals surface area contributed by atoms with Gasteiger partial charge in [-0.3, -0.25) is 9.59 Å². The minimum absolute atomic E-state index is 0.0599. The van der Waals surface area contributed by atoms with Crippen molar-refractivity contribution in [2.45, 2.75) is 26.3 Å². The van der Waals surface area contributed by atoms with E-state index in [4.69, 9.17) is 4.74 Å². The molecule has 0 aliphatic heterocycles. The van der Waals surface area contributed by atoms with Gasteiger partial charge in [0.05, 0.1) is 5.56 Å². The fraction of sp³-hybridized carbons (Fsp3) is 0.364. The minimum Gasteiger partial charge on any atom is -0.503 e. The molecule has 32 heavy (non-hydrogen) atoms. The molecular formula is C22H25FN4O4S. The van der Waals surface area contributed by atoms with Gasteiger partial charge >= 0.3 is 0 Å². The van der Waals surface area contributed by atoms with E-state index in [1.807, 2.05) is 0 Å². The number of carbonyl (C=O) groups excluding carboxylic acids is 1. The highest BCUT2D eigenvalue weighted by molar-refractivity contribution is 7.14. The Balaban J connectivity index is 1.99. The molecule has 0 saturated heterocycles. The third kappa shape index (κ3) is 5.20. The second-order valence-electron chi connectivity index (χ2n) is 7.23. The van der Waals surface area contributed by atoms with Crippen molar-refractivity contribution < 1.29 is 19.0 Å². The second kappa shape index (κ2) is 10.5. The van der Waals surface area contributed by atoms with Crippen molar-refractivity contribution >= 4 is 17.2 Å². The zero-order valence-electron chi connectivity index (χ0n) is 18.2. The summed E-state index contributed by atoms with van der Waals surface area (Å²) in [6.45, 7) is 3.06. The van der Waals surface area contributed by atoms with E-state index in [-0.39, 0.29) is 17.1 Å². The summed E-state index contributed by atoms with van der Waals surface area (Å²) in [7, 11) is 3.18. The van der Waals surface area contributed by atoms with Crippen LogP contribution in [0.25, 0.3) is 10.6 Å². The van der Waals surface area contributed by atoms with Crippen LogP contribution < -0.4 is 5.43 Å². The van der Waals surface area contributed by atoms with Gasteiger partial charge in [0.2, 0.25) is 5.43 Å². The largest absolute Gasteiger partial charge is 0.503 e. The molecule has 0 aliphatic carbocycles. The molecule has 0 bridgehead atoms. The predicted molar refractivity (Wildman–Crippen MR) is 120 cm³/mol. The van der Waals surface area contributed by atoms with Gasteiger partial charge in [-0.1, -0.05) is 23.5 Å². The summed E-state index contributed by atoms with van der Waals surface area (Å²) in [5, 5.41) is 19.9. The van der Waals surface area contributed by atoms with Gasteiger partial charge in [-0.05, 0) is 31.0 Å². The van der Waals surface area contributed by atoms with E-state index < -0.39 is 17.1 Å². The molecule has 2 aromatic heterocycles. The van der Waals surface area contributed by atoms with Crippen LogP contribution in [0.3, 0.4) is 0 Å². The molecule has 170 valence electrons. The zero-order valence-corrected chi connectivity index (χ0v) is 19.0. The maximum absolute atomic E-state index is 13.1. The molecule has 1 N–H and O–H groups in total. The number of methoxy groups -OCH3 is 1. The summed E-state index contributed by atoms with van der Waals surface area (Å²) < 4.78 is 19.8. The van der Waals surface area contributed by atoms with Crippen LogP contribution in [0.5, 0.6) is 5.75 Å². The van der Waals surface area contributed by atoms with Crippen LogP contribution in [0.4, 0.5) is 4.39 Å². The highest BCUT2D eigenvalue weighted by atomic mass is 32.1. The van der Waals surface area contributed by atoms with E-state index in [9.17, 15) is 19.1 Å². The monoisotopic (exact) mass is 460 g/mol. The Kier molecular flexibility index (Phi) is 7.70. The first-order valence-electron chi connectivity index (χ1n) is 10.1. The summed E-state index contributed by atoms with van der Waals surface area (Å²) in [6.07, 6.45) is 2.56. The first-order valence-corrected chi connectivity index (χ1v) is 10.9. The van der Waals surface area contributed by atoms with Crippen LogP contribution in [0.15, 0.2) is 35.3 Å². The Morgan fingerprint density at radius 3 is 2.66 bits per heavy atom. The maximum Gasteiger partial charge on any atom is 0.274 e. The van der Waals surface area contributed by atoms with E-state index in [0.29, 0.717) is 42.6 Å². The van der Waals surface area contributed by atoms with Crippen molar-refractivity contribution in [3.63, 3.8) is 0 Å². The average Bonchev–Trinajstić information content (AvgIpc) is 3.25. The van der Waals surface area contributed by atoms with Crippen LogP contribution in [0.1, 0.15) is 34.4 Å². The van der Waals surface area contributed by atoms with Crippen LogP contribution in [0, 0.1) is 5.82 Å². The Morgan fingerprint density at radius 1 is 1.28 bits per heavy atom. The van der Waals surface area contributed by atoms with Crippen molar-refractivity contribution in [3.8, 4) is 16.3 Å². The topological polar surface area (TPSA) is 97.5 Å². The number of benzene rings is 1. The van der Waals surface area contributed by atoms with Gasteiger partial charge in [0, 0.05) is 46.5 Å². The number of amides is 1. The highest BCUT2D eigenvalue weighted by Crippen LogP contribution is 2.26.